The normalized spacial score (nSPS) is 19.9. The van der Waals surface area contributed by atoms with Crippen LogP contribution in [0.1, 0.15) is 60.8 Å². The van der Waals surface area contributed by atoms with Crippen LogP contribution in [0.25, 0.3) is 0 Å². The molecule has 1 amide bonds. The molecule has 1 heterocycles. The lowest BCUT2D eigenvalue weighted by Gasteiger charge is -2.47. The summed E-state index contributed by atoms with van der Waals surface area (Å²) in [6, 6.07) is 30.9. The van der Waals surface area contributed by atoms with Gasteiger partial charge in [0.15, 0.2) is 0 Å². The third-order valence-corrected chi connectivity index (χ3v) is 7.36. The highest BCUT2D eigenvalue weighted by Gasteiger charge is 2.34. The highest BCUT2D eigenvalue weighted by Crippen LogP contribution is 2.33. The largest absolute Gasteiger partial charge is 0.339 e. The molecule has 0 radical (unpaired) electrons. The Kier molecular flexibility index (Phi) is 8.37. The van der Waals surface area contributed by atoms with Gasteiger partial charge in [0.1, 0.15) is 0 Å². The number of hydrogen-bond donors (Lipinski definition) is 0. The van der Waals surface area contributed by atoms with Crippen LogP contribution in [-0.2, 0) is 6.54 Å². The van der Waals surface area contributed by atoms with E-state index in [9.17, 15) is 4.79 Å². The molecule has 4 heteroatoms. The van der Waals surface area contributed by atoms with E-state index < -0.39 is 0 Å². The first kappa shape index (κ1) is 25.2. The fraction of sp³-hybridized carbons (Fsp3) is 0.387. The van der Waals surface area contributed by atoms with E-state index in [0.29, 0.717) is 12.1 Å². The number of nitrogens with zero attached hydrogens (tertiary/aromatic N) is 3. The van der Waals surface area contributed by atoms with Crippen molar-refractivity contribution < 1.29 is 4.79 Å². The Hall–Kier alpha value is -2.95. The van der Waals surface area contributed by atoms with Gasteiger partial charge in [0, 0.05) is 50.4 Å². The minimum atomic E-state index is 0.106. The van der Waals surface area contributed by atoms with Crippen molar-refractivity contribution >= 4 is 5.91 Å². The number of hydrogen-bond acceptors (Lipinski definition) is 3. The molecule has 0 bridgehead atoms. The average molecular weight is 470 g/mol. The van der Waals surface area contributed by atoms with Crippen LogP contribution >= 0.6 is 0 Å². The van der Waals surface area contributed by atoms with Crippen LogP contribution in [-0.4, -0.2) is 58.9 Å². The molecule has 0 spiro atoms. The Balaban J connectivity index is 1.59. The summed E-state index contributed by atoms with van der Waals surface area (Å²) in [5.74, 6) is 0.106. The van der Waals surface area contributed by atoms with Crippen molar-refractivity contribution in [2.24, 2.45) is 0 Å². The zero-order chi connectivity index (χ0) is 24.8. The van der Waals surface area contributed by atoms with Gasteiger partial charge in [-0.3, -0.25) is 14.6 Å². The van der Waals surface area contributed by atoms with Gasteiger partial charge in [-0.25, -0.2) is 0 Å². The van der Waals surface area contributed by atoms with Gasteiger partial charge in [-0.1, -0.05) is 72.8 Å². The van der Waals surface area contributed by atoms with Crippen molar-refractivity contribution in [1.29, 1.82) is 0 Å². The van der Waals surface area contributed by atoms with Crippen molar-refractivity contribution in [3.63, 3.8) is 0 Å². The number of carbonyl (C=O) groups is 1. The van der Waals surface area contributed by atoms with E-state index in [2.05, 4.69) is 96.4 Å². The zero-order valence-electron chi connectivity index (χ0n) is 21.6. The molecule has 0 aromatic heterocycles. The molecule has 4 nitrogen and oxygen atoms in total. The summed E-state index contributed by atoms with van der Waals surface area (Å²) in [5, 5.41) is 0. The molecule has 1 aliphatic rings. The monoisotopic (exact) mass is 469 g/mol. The molecule has 1 fully saturated rings. The van der Waals surface area contributed by atoms with Gasteiger partial charge >= 0.3 is 0 Å². The van der Waals surface area contributed by atoms with Gasteiger partial charge in [-0.05, 0) is 56.5 Å². The molecule has 3 aromatic rings. The molecule has 1 saturated heterocycles. The maximum atomic E-state index is 12.9. The third-order valence-electron chi connectivity index (χ3n) is 7.36. The standard InChI is InChI=1S/C31H39N3O/c1-5-32(6-2)31(35)29-19-17-28(18-20-29)30(27-15-11-8-12-16-27)34-22-24(3)33(21-25(34)4)23-26-13-9-7-10-14-26/h7-20,24-25,30H,5-6,21-23H2,1-4H3/t24-,25+,30?/m1/s1. The van der Waals surface area contributed by atoms with Gasteiger partial charge in [-0.15, -0.1) is 0 Å². The fourth-order valence-electron chi connectivity index (χ4n) is 5.34. The van der Waals surface area contributed by atoms with Crippen LogP contribution in [0.15, 0.2) is 84.9 Å². The highest BCUT2D eigenvalue weighted by atomic mass is 16.2. The molecule has 3 atom stereocenters. The first-order chi connectivity index (χ1) is 17.0. The van der Waals surface area contributed by atoms with E-state index >= 15 is 0 Å². The second-order valence-corrected chi connectivity index (χ2v) is 9.72. The molecular weight excluding hydrogens is 430 g/mol. The van der Waals surface area contributed by atoms with Crippen LogP contribution in [0.4, 0.5) is 0 Å². The average Bonchev–Trinajstić information content (AvgIpc) is 2.89. The van der Waals surface area contributed by atoms with Gasteiger partial charge in [0.05, 0.1) is 6.04 Å². The molecule has 1 aliphatic heterocycles. The van der Waals surface area contributed by atoms with Gasteiger partial charge < -0.3 is 4.90 Å². The minimum absolute atomic E-state index is 0.106. The first-order valence-electron chi connectivity index (χ1n) is 13.0. The van der Waals surface area contributed by atoms with Gasteiger partial charge in [0.25, 0.3) is 5.91 Å². The van der Waals surface area contributed by atoms with Gasteiger partial charge in [-0.2, -0.15) is 0 Å². The summed E-state index contributed by atoms with van der Waals surface area (Å²) in [6.45, 7) is 13.2. The Labute approximate surface area is 211 Å². The minimum Gasteiger partial charge on any atom is -0.339 e. The molecule has 4 rings (SSSR count). The van der Waals surface area contributed by atoms with Crippen molar-refractivity contribution in [3.05, 3.63) is 107 Å². The Morgan fingerprint density at radius 3 is 1.97 bits per heavy atom. The predicted molar refractivity (Wildman–Crippen MR) is 144 cm³/mol. The van der Waals surface area contributed by atoms with Crippen LogP contribution < -0.4 is 0 Å². The molecule has 0 saturated carbocycles. The summed E-state index contributed by atoms with van der Waals surface area (Å²) in [5.41, 5.74) is 4.67. The van der Waals surface area contributed by atoms with Crippen molar-refractivity contribution in [2.45, 2.75) is 52.4 Å². The number of carbonyl (C=O) groups excluding carboxylic acids is 1. The fourth-order valence-corrected chi connectivity index (χ4v) is 5.34. The smallest absolute Gasteiger partial charge is 0.253 e. The number of piperazine rings is 1. The van der Waals surface area contributed by atoms with E-state index in [-0.39, 0.29) is 11.9 Å². The number of benzene rings is 3. The lowest BCUT2D eigenvalue weighted by molar-refractivity contribution is 0.0195. The highest BCUT2D eigenvalue weighted by molar-refractivity contribution is 5.94. The molecule has 1 unspecified atom stereocenters. The van der Waals surface area contributed by atoms with Crippen molar-refractivity contribution in [3.8, 4) is 0 Å². The van der Waals surface area contributed by atoms with Crippen molar-refractivity contribution in [1.82, 2.24) is 14.7 Å². The zero-order valence-corrected chi connectivity index (χ0v) is 21.6. The second kappa shape index (κ2) is 11.7. The number of rotatable bonds is 8. The third kappa shape index (κ3) is 5.83. The summed E-state index contributed by atoms with van der Waals surface area (Å²) in [4.78, 5) is 20.0. The van der Waals surface area contributed by atoms with E-state index in [1.807, 2.05) is 30.9 Å². The van der Waals surface area contributed by atoms with Crippen LogP contribution in [0.5, 0.6) is 0 Å². The topological polar surface area (TPSA) is 26.8 Å². The summed E-state index contributed by atoms with van der Waals surface area (Å²) >= 11 is 0. The quantitative estimate of drug-likeness (QED) is 0.414. The maximum Gasteiger partial charge on any atom is 0.253 e. The summed E-state index contributed by atoms with van der Waals surface area (Å²) in [7, 11) is 0. The van der Waals surface area contributed by atoms with Crippen LogP contribution in [0, 0.1) is 0 Å². The SMILES string of the molecule is CCN(CC)C(=O)c1ccc(C(c2ccccc2)N2C[C@@H](C)N(Cc3ccccc3)C[C@@H]2C)cc1. The summed E-state index contributed by atoms with van der Waals surface area (Å²) < 4.78 is 0. The van der Waals surface area contributed by atoms with E-state index in [1.54, 1.807) is 0 Å². The molecule has 0 N–H and O–H groups in total. The lowest BCUT2D eigenvalue weighted by Crippen LogP contribution is -2.56. The molecule has 0 aliphatic carbocycles. The molecule has 3 aromatic carbocycles. The molecule has 35 heavy (non-hydrogen) atoms. The van der Waals surface area contributed by atoms with E-state index in [1.165, 1.54) is 16.7 Å². The van der Waals surface area contributed by atoms with E-state index in [4.69, 9.17) is 0 Å². The molecular formula is C31H39N3O. The number of amides is 1. The second-order valence-electron chi connectivity index (χ2n) is 9.72. The lowest BCUT2D eigenvalue weighted by atomic mass is 9.92. The van der Waals surface area contributed by atoms with Gasteiger partial charge in [0.2, 0.25) is 0 Å². The van der Waals surface area contributed by atoms with Crippen molar-refractivity contribution in [2.75, 3.05) is 26.2 Å². The Morgan fingerprint density at radius 2 is 1.37 bits per heavy atom. The van der Waals surface area contributed by atoms with E-state index in [0.717, 1.165) is 38.3 Å². The Bertz CT molecular complexity index is 1060. The van der Waals surface area contributed by atoms with Crippen LogP contribution in [0.2, 0.25) is 0 Å². The summed E-state index contributed by atoms with van der Waals surface area (Å²) in [6.07, 6.45) is 0. The van der Waals surface area contributed by atoms with Crippen LogP contribution in [0.3, 0.4) is 0 Å². The predicted octanol–water partition coefficient (Wildman–Crippen LogP) is 5.85. The molecule has 184 valence electrons. The Morgan fingerprint density at radius 1 is 0.800 bits per heavy atom. The maximum absolute atomic E-state index is 12.9. The first-order valence-corrected chi connectivity index (χ1v) is 13.0.